The number of benzene rings is 3. The van der Waals surface area contributed by atoms with Crippen molar-refractivity contribution in [3.63, 3.8) is 0 Å². The molecule has 3 aromatic carbocycles. The standard InChI is InChI=1S/C24H15NO4/c26-21-13-11-15-10-12-17(14-20(15)29-21)28-23-22(16-6-2-1-3-7-16)18-8-4-5-9-19(18)25-24(23)27/h1-14H,(H,25,27). The third-order valence-corrected chi connectivity index (χ3v) is 4.75. The molecule has 0 saturated carbocycles. The van der Waals surface area contributed by atoms with Gasteiger partial charge in [-0.25, -0.2) is 4.79 Å². The molecule has 140 valence electrons. The predicted molar refractivity (Wildman–Crippen MR) is 113 cm³/mol. The number of nitrogens with one attached hydrogen (secondary N) is 1. The van der Waals surface area contributed by atoms with Crippen LogP contribution in [0.5, 0.6) is 11.5 Å². The molecule has 5 aromatic rings. The minimum absolute atomic E-state index is 0.188. The highest BCUT2D eigenvalue weighted by molar-refractivity contribution is 5.97. The van der Waals surface area contributed by atoms with Crippen LogP contribution < -0.4 is 15.9 Å². The summed E-state index contributed by atoms with van der Waals surface area (Å²) >= 11 is 0. The molecule has 5 heteroatoms. The van der Waals surface area contributed by atoms with Gasteiger partial charge in [-0.1, -0.05) is 48.5 Å². The van der Waals surface area contributed by atoms with Crippen LogP contribution in [0.25, 0.3) is 33.0 Å². The van der Waals surface area contributed by atoms with E-state index in [9.17, 15) is 9.59 Å². The van der Waals surface area contributed by atoms with E-state index in [4.69, 9.17) is 9.15 Å². The summed E-state index contributed by atoms with van der Waals surface area (Å²) in [6.07, 6.45) is 0. The highest BCUT2D eigenvalue weighted by Crippen LogP contribution is 2.36. The molecule has 0 aliphatic rings. The maximum atomic E-state index is 12.9. The molecule has 2 aromatic heterocycles. The Morgan fingerprint density at radius 2 is 1.55 bits per heavy atom. The maximum Gasteiger partial charge on any atom is 0.336 e. The molecule has 0 bridgehead atoms. The second-order valence-corrected chi connectivity index (χ2v) is 6.63. The Hall–Kier alpha value is -4.12. The number of aromatic nitrogens is 1. The molecule has 0 saturated heterocycles. The van der Waals surface area contributed by atoms with Gasteiger partial charge in [-0.15, -0.1) is 0 Å². The van der Waals surface area contributed by atoms with Crippen LogP contribution in [0.15, 0.2) is 98.9 Å². The number of rotatable bonds is 3. The quantitative estimate of drug-likeness (QED) is 0.442. The van der Waals surface area contributed by atoms with Gasteiger partial charge in [0.25, 0.3) is 5.56 Å². The van der Waals surface area contributed by atoms with Gasteiger partial charge in [0.2, 0.25) is 5.75 Å². The molecule has 0 unspecified atom stereocenters. The van der Waals surface area contributed by atoms with Crippen LogP contribution in [0.2, 0.25) is 0 Å². The average Bonchev–Trinajstić information content (AvgIpc) is 2.74. The number of ether oxygens (including phenoxy) is 1. The van der Waals surface area contributed by atoms with Crippen LogP contribution in [-0.4, -0.2) is 4.98 Å². The Kier molecular flexibility index (Phi) is 3.99. The normalized spacial score (nSPS) is 11.0. The summed E-state index contributed by atoms with van der Waals surface area (Å²) in [7, 11) is 0. The van der Waals surface area contributed by atoms with E-state index in [0.717, 1.165) is 21.9 Å². The number of H-pyrrole nitrogens is 1. The largest absolute Gasteiger partial charge is 0.451 e. The second kappa shape index (κ2) is 6.80. The summed E-state index contributed by atoms with van der Waals surface area (Å²) in [6, 6.07) is 25.4. The fraction of sp³-hybridized carbons (Fsp3) is 0. The molecule has 5 rings (SSSR count). The highest BCUT2D eigenvalue weighted by atomic mass is 16.5. The van der Waals surface area contributed by atoms with Crippen molar-refractivity contribution >= 4 is 21.9 Å². The first kappa shape index (κ1) is 17.0. The van der Waals surface area contributed by atoms with Gasteiger partial charge in [0.1, 0.15) is 11.3 Å². The van der Waals surface area contributed by atoms with Crippen molar-refractivity contribution < 1.29 is 9.15 Å². The molecule has 0 radical (unpaired) electrons. The predicted octanol–water partition coefficient (Wildman–Crippen LogP) is 5.09. The summed E-state index contributed by atoms with van der Waals surface area (Å²) in [6.45, 7) is 0. The van der Waals surface area contributed by atoms with Crippen molar-refractivity contribution in [2.24, 2.45) is 0 Å². The maximum absolute atomic E-state index is 12.9. The van der Waals surface area contributed by atoms with Crippen molar-refractivity contribution in [2.45, 2.75) is 0 Å². The molecule has 0 atom stereocenters. The zero-order chi connectivity index (χ0) is 19.8. The van der Waals surface area contributed by atoms with E-state index in [1.54, 1.807) is 24.3 Å². The zero-order valence-electron chi connectivity index (χ0n) is 15.2. The lowest BCUT2D eigenvalue weighted by Gasteiger charge is -2.14. The van der Waals surface area contributed by atoms with Crippen molar-refractivity contribution in [3.05, 3.63) is 106 Å². The number of fused-ring (bicyclic) bond motifs is 2. The Balaban J connectivity index is 1.74. The third-order valence-electron chi connectivity index (χ3n) is 4.75. The second-order valence-electron chi connectivity index (χ2n) is 6.63. The topological polar surface area (TPSA) is 72.3 Å². The third kappa shape index (κ3) is 3.08. The summed E-state index contributed by atoms with van der Waals surface area (Å²) in [5.41, 5.74) is 1.93. The van der Waals surface area contributed by atoms with Gasteiger partial charge in [-0.2, -0.15) is 0 Å². The van der Waals surface area contributed by atoms with E-state index in [1.165, 1.54) is 6.07 Å². The van der Waals surface area contributed by atoms with E-state index in [0.29, 0.717) is 16.9 Å². The summed E-state index contributed by atoms with van der Waals surface area (Å²) in [5, 5.41) is 1.65. The minimum atomic E-state index is -0.442. The SMILES string of the molecule is O=c1ccc2ccc(Oc3c(-c4ccccc4)c4ccccc4[nH]c3=O)cc2o1. The molecule has 1 N–H and O–H groups in total. The van der Waals surface area contributed by atoms with Crippen LogP contribution in [0, 0.1) is 0 Å². The molecule has 0 aliphatic carbocycles. The van der Waals surface area contributed by atoms with E-state index >= 15 is 0 Å². The van der Waals surface area contributed by atoms with Crippen molar-refractivity contribution in [1.82, 2.24) is 4.98 Å². The lowest BCUT2D eigenvalue weighted by molar-refractivity contribution is 0.476. The molecular weight excluding hydrogens is 366 g/mol. The van der Waals surface area contributed by atoms with Gasteiger partial charge in [0.15, 0.2) is 0 Å². The van der Waals surface area contributed by atoms with E-state index in [1.807, 2.05) is 54.6 Å². The Labute approximate surface area is 164 Å². The molecule has 2 heterocycles. The highest BCUT2D eigenvalue weighted by Gasteiger charge is 2.17. The summed E-state index contributed by atoms with van der Waals surface area (Å²) < 4.78 is 11.3. The Bertz CT molecular complexity index is 1470. The first-order valence-corrected chi connectivity index (χ1v) is 9.11. The molecule has 0 spiro atoms. The lowest BCUT2D eigenvalue weighted by Crippen LogP contribution is -2.11. The van der Waals surface area contributed by atoms with Gasteiger partial charge >= 0.3 is 5.63 Å². The average molecular weight is 381 g/mol. The summed E-state index contributed by atoms with van der Waals surface area (Å²) in [4.78, 5) is 27.3. The van der Waals surface area contributed by atoms with Gasteiger partial charge in [-0.05, 0) is 29.8 Å². The number of hydrogen-bond donors (Lipinski definition) is 1. The monoisotopic (exact) mass is 381 g/mol. The first-order chi connectivity index (χ1) is 14.2. The van der Waals surface area contributed by atoms with E-state index in [-0.39, 0.29) is 11.3 Å². The van der Waals surface area contributed by atoms with Crippen LogP contribution in [0.3, 0.4) is 0 Å². The lowest BCUT2D eigenvalue weighted by atomic mass is 10.0. The Morgan fingerprint density at radius 3 is 2.41 bits per heavy atom. The van der Waals surface area contributed by atoms with Gasteiger partial charge in [0.05, 0.1) is 0 Å². The van der Waals surface area contributed by atoms with E-state index in [2.05, 4.69) is 4.98 Å². The van der Waals surface area contributed by atoms with Crippen molar-refractivity contribution in [1.29, 1.82) is 0 Å². The molecular formula is C24H15NO4. The number of hydrogen-bond acceptors (Lipinski definition) is 4. The molecule has 0 aliphatic heterocycles. The summed E-state index contributed by atoms with van der Waals surface area (Å²) in [5.74, 6) is 0.595. The van der Waals surface area contributed by atoms with E-state index < -0.39 is 5.63 Å². The van der Waals surface area contributed by atoms with Crippen LogP contribution in [0.4, 0.5) is 0 Å². The molecule has 0 amide bonds. The Morgan fingerprint density at radius 1 is 0.793 bits per heavy atom. The number of pyridine rings is 1. The molecule has 29 heavy (non-hydrogen) atoms. The van der Waals surface area contributed by atoms with Crippen molar-refractivity contribution in [3.8, 4) is 22.6 Å². The number of para-hydroxylation sites is 1. The molecule has 5 nitrogen and oxygen atoms in total. The smallest absolute Gasteiger partial charge is 0.336 e. The number of aromatic amines is 1. The minimum Gasteiger partial charge on any atom is -0.451 e. The van der Waals surface area contributed by atoms with Crippen LogP contribution in [-0.2, 0) is 0 Å². The van der Waals surface area contributed by atoms with Crippen molar-refractivity contribution in [2.75, 3.05) is 0 Å². The fourth-order valence-corrected chi connectivity index (χ4v) is 3.44. The fourth-order valence-electron chi connectivity index (χ4n) is 3.44. The van der Waals surface area contributed by atoms with Gasteiger partial charge in [0, 0.05) is 34.0 Å². The zero-order valence-corrected chi connectivity index (χ0v) is 15.2. The van der Waals surface area contributed by atoms with Gasteiger partial charge in [-0.3, -0.25) is 4.79 Å². The first-order valence-electron chi connectivity index (χ1n) is 9.11. The van der Waals surface area contributed by atoms with Crippen LogP contribution >= 0.6 is 0 Å². The van der Waals surface area contributed by atoms with Gasteiger partial charge < -0.3 is 14.1 Å². The van der Waals surface area contributed by atoms with Crippen LogP contribution in [0.1, 0.15) is 0 Å². The molecule has 0 fully saturated rings.